The fourth-order valence-electron chi connectivity index (χ4n) is 2.53. The predicted molar refractivity (Wildman–Crippen MR) is 81.3 cm³/mol. The summed E-state index contributed by atoms with van der Waals surface area (Å²) in [5.74, 6) is 0.636. The Labute approximate surface area is 128 Å². The second kappa shape index (κ2) is 6.22. The number of hydrogen-bond acceptors (Lipinski definition) is 5. The lowest BCUT2D eigenvalue weighted by Crippen LogP contribution is -2.49. The molecule has 22 heavy (non-hydrogen) atoms. The first-order valence-electron chi connectivity index (χ1n) is 7.10. The molecule has 0 unspecified atom stereocenters. The number of piperazine rings is 1. The van der Waals surface area contributed by atoms with Gasteiger partial charge in [0.15, 0.2) is 11.5 Å². The Morgan fingerprint density at radius 3 is 2.41 bits per heavy atom. The van der Waals surface area contributed by atoms with Crippen LogP contribution in [0.3, 0.4) is 0 Å². The third kappa shape index (κ3) is 2.74. The number of nitrogens with zero attached hydrogens (tertiary/aromatic N) is 5. The van der Waals surface area contributed by atoms with E-state index in [-0.39, 0.29) is 5.91 Å². The third-order valence-corrected chi connectivity index (χ3v) is 3.67. The van der Waals surface area contributed by atoms with E-state index in [4.69, 9.17) is 5.26 Å². The zero-order valence-corrected chi connectivity index (χ0v) is 12.0. The van der Waals surface area contributed by atoms with Crippen molar-refractivity contribution in [3.8, 4) is 6.07 Å². The number of carbonyl (C=O) groups is 1. The molecule has 110 valence electrons. The molecule has 0 aliphatic carbocycles. The third-order valence-electron chi connectivity index (χ3n) is 3.67. The van der Waals surface area contributed by atoms with Crippen LogP contribution in [0.15, 0.2) is 42.7 Å². The topological polar surface area (TPSA) is 73.1 Å². The standard InChI is InChI=1S/C16H15N5O/c17-12-14-15(19-7-6-18-14)20-8-10-21(11-9-20)16(22)13-4-2-1-3-5-13/h1-7H,8-11H2. The van der Waals surface area contributed by atoms with Gasteiger partial charge in [0.25, 0.3) is 5.91 Å². The first kappa shape index (κ1) is 14.0. The summed E-state index contributed by atoms with van der Waals surface area (Å²) < 4.78 is 0. The number of anilines is 1. The number of rotatable bonds is 2. The van der Waals surface area contributed by atoms with Crippen molar-refractivity contribution in [2.45, 2.75) is 0 Å². The number of nitriles is 1. The Balaban J connectivity index is 1.68. The van der Waals surface area contributed by atoms with Crippen LogP contribution >= 0.6 is 0 Å². The zero-order valence-electron chi connectivity index (χ0n) is 12.0. The molecule has 0 saturated carbocycles. The van der Waals surface area contributed by atoms with Crippen molar-refractivity contribution in [1.82, 2.24) is 14.9 Å². The molecule has 1 aliphatic heterocycles. The van der Waals surface area contributed by atoms with Crippen LogP contribution < -0.4 is 4.90 Å². The van der Waals surface area contributed by atoms with Gasteiger partial charge in [0.05, 0.1) is 0 Å². The molecule has 0 N–H and O–H groups in total. The highest BCUT2D eigenvalue weighted by atomic mass is 16.2. The molecule has 6 nitrogen and oxygen atoms in total. The van der Waals surface area contributed by atoms with Crippen LogP contribution in [-0.4, -0.2) is 47.0 Å². The van der Waals surface area contributed by atoms with Gasteiger partial charge in [-0.05, 0) is 12.1 Å². The average Bonchev–Trinajstić information content (AvgIpc) is 2.62. The average molecular weight is 293 g/mol. The normalized spacial score (nSPS) is 14.5. The number of aromatic nitrogens is 2. The largest absolute Gasteiger partial charge is 0.351 e. The molecule has 2 heterocycles. The van der Waals surface area contributed by atoms with Gasteiger partial charge in [0.2, 0.25) is 0 Å². The lowest BCUT2D eigenvalue weighted by molar-refractivity contribution is 0.0746. The van der Waals surface area contributed by atoms with E-state index in [1.54, 1.807) is 6.20 Å². The maximum Gasteiger partial charge on any atom is 0.253 e. The van der Waals surface area contributed by atoms with Gasteiger partial charge in [-0.15, -0.1) is 0 Å². The van der Waals surface area contributed by atoms with Gasteiger partial charge in [-0.3, -0.25) is 4.79 Å². The second-order valence-electron chi connectivity index (χ2n) is 4.99. The summed E-state index contributed by atoms with van der Waals surface area (Å²) in [6, 6.07) is 11.3. The van der Waals surface area contributed by atoms with Crippen LogP contribution in [0.2, 0.25) is 0 Å². The van der Waals surface area contributed by atoms with Crippen LogP contribution in [0.25, 0.3) is 0 Å². The molecule has 1 aromatic heterocycles. The van der Waals surface area contributed by atoms with Crippen molar-refractivity contribution in [2.24, 2.45) is 0 Å². The van der Waals surface area contributed by atoms with E-state index in [1.165, 1.54) is 6.20 Å². The Kier molecular flexibility index (Phi) is 3.97. The molecule has 0 atom stereocenters. The first-order valence-corrected chi connectivity index (χ1v) is 7.10. The van der Waals surface area contributed by atoms with Gasteiger partial charge in [-0.25, -0.2) is 9.97 Å². The summed E-state index contributed by atoms with van der Waals surface area (Å²) in [6.45, 7) is 2.50. The minimum Gasteiger partial charge on any atom is -0.351 e. The van der Waals surface area contributed by atoms with Crippen LogP contribution in [-0.2, 0) is 0 Å². The summed E-state index contributed by atoms with van der Waals surface area (Å²) in [5.41, 5.74) is 1.03. The maximum atomic E-state index is 12.4. The fraction of sp³-hybridized carbons (Fsp3) is 0.250. The predicted octanol–water partition coefficient (Wildman–Crippen LogP) is 1.31. The van der Waals surface area contributed by atoms with Crippen molar-refractivity contribution in [2.75, 3.05) is 31.1 Å². The van der Waals surface area contributed by atoms with E-state index in [1.807, 2.05) is 40.1 Å². The zero-order chi connectivity index (χ0) is 15.4. The number of amides is 1. The molecule has 1 aromatic carbocycles. The van der Waals surface area contributed by atoms with Gasteiger partial charge in [0.1, 0.15) is 6.07 Å². The first-order chi connectivity index (χ1) is 10.8. The molecule has 3 rings (SSSR count). The Morgan fingerprint density at radius 2 is 1.73 bits per heavy atom. The van der Waals surface area contributed by atoms with E-state index < -0.39 is 0 Å². The molecule has 1 saturated heterocycles. The quantitative estimate of drug-likeness (QED) is 0.834. The van der Waals surface area contributed by atoms with Crippen molar-refractivity contribution in [1.29, 1.82) is 5.26 Å². The van der Waals surface area contributed by atoms with E-state index >= 15 is 0 Å². The Bertz CT molecular complexity index is 702. The molecule has 1 fully saturated rings. The lowest BCUT2D eigenvalue weighted by atomic mass is 10.2. The number of carbonyl (C=O) groups excluding carboxylic acids is 1. The molecule has 2 aromatic rings. The van der Waals surface area contributed by atoms with Crippen LogP contribution in [0, 0.1) is 11.3 Å². The van der Waals surface area contributed by atoms with E-state index in [2.05, 4.69) is 16.0 Å². The molecular formula is C16H15N5O. The van der Waals surface area contributed by atoms with E-state index in [0.717, 1.165) is 0 Å². The lowest BCUT2D eigenvalue weighted by Gasteiger charge is -2.35. The Hall–Kier alpha value is -2.94. The van der Waals surface area contributed by atoms with Gasteiger partial charge in [-0.1, -0.05) is 18.2 Å². The van der Waals surface area contributed by atoms with Crippen LogP contribution in [0.4, 0.5) is 5.82 Å². The van der Waals surface area contributed by atoms with Gasteiger partial charge in [-0.2, -0.15) is 5.26 Å². The highest BCUT2D eigenvalue weighted by Crippen LogP contribution is 2.17. The van der Waals surface area contributed by atoms with Crippen molar-refractivity contribution in [3.63, 3.8) is 0 Å². The molecule has 6 heteroatoms. The molecule has 0 radical (unpaired) electrons. The highest BCUT2D eigenvalue weighted by molar-refractivity contribution is 5.94. The van der Waals surface area contributed by atoms with E-state index in [9.17, 15) is 4.79 Å². The SMILES string of the molecule is N#Cc1nccnc1N1CCN(C(=O)c2ccccc2)CC1. The summed E-state index contributed by atoms with van der Waals surface area (Å²) in [6.07, 6.45) is 3.09. The second-order valence-corrected chi connectivity index (χ2v) is 4.99. The molecule has 0 bridgehead atoms. The van der Waals surface area contributed by atoms with Gasteiger partial charge >= 0.3 is 0 Å². The monoisotopic (exact) mass is 293 g/mol. The molecular weight excluding hydrogens is 278 g/mol. The van der Waals surface area contributed by atoms with Crippen molar-refractivity contribution >= 4 is 11.7 Å². The fourth-order valence-corrected chi connectivity index (χ4v) is 2.53. The van der Waals surface area contributed by atoms with Crippen molar-refractivity contribution < 1.29 is 4.79 Å². The van der Waals surface area contributed by atoms with E-state index in [0.29, 0.717) is 43.3 Å². The molecule has 0 spiro atoms. The minimum atomic E-state index is 0.0416. The number of hydrogen-bond donors (Lipinski definition) is 0. The summed E-state index contributed by atoms with van der Waals surface area (Å²) in [4.78, 5) is 24.5. The molecule has 1 amide bonds. The summed E-state index contributed by atoms with van der Waals surface area (Å²) >= 11 is 0. The van der Waals surface area contributed by atoms with Gasteiger partial charge < -0.3 is 9.80 Å². The maximum absolute atomic E-state index is 12.4. The van der Waals surface area contributed by atoms with Crippen molar-refractivity contribution in [3.05, 3.63) is 54.0 Å². The number of benzene rings is 1. The Morgan fingerprint density at radius 1 is 1.05 bits per heavy atom. The van der Waals surface area contributed by atoms with Crippen LogP contribution in [0.5, 0.6) is 0 Å². The smallest absolute Gasteiger partial charge is 0.253 e. The van der Waals surface area contributed by atoms with Crippen LogP contribution in [0.1, 0.15) is 16.1 Å². The molecule has 1 aliphatic rings. The minimum absolute atomic E-state index is 0.0416. The van der Waals surface area contributed by atoms with Gasteiger partial charge in [0, 0.05) is 44.1 Å². The summed E-state index contributed by atoms with van der Waals surface area (Å²) in [5, 5.41) is 9.09. The highest BCUT2D eigenvalue weighted by Gasteiger charge is 2.24. The summed E-state index contributed by atoms with van der Waals surface area (Å²) in [7, 11) is 0.